The Hall–Kier alpha value is -1.85. The second-order valence-corrected chi connectivity index (χ2v) is 9.77. The van der Waals surface area contributed by atoms with Crippen LogP contribution in [0.2, 0.25) is 0 Å². The molecule has 2 aromatic rings. The van der Waals surface area contributed by atoms with Crippen LogP contribution in [0, 0.1) is 0 Å². The first-order valence-corrected chi connectivity index (χ1v) is 12.1. The summed E-state index contributed by atoms with van der Waals surface area (Å²) < 4.78 is 28.1. The van der Waals surface area contributed by atoms with Crippen LogP contribution in [-0.4, -0.2) is 28.1 Å². The third-order valence-electron chi connectivity index (χ3n) is 5.99. The molecule has 4 nitrogen and oxygen atoms in total. The molecule has 2 aliphatic rings. The van der Waals surface area contributed by atoms with Crippen LogP contribution >= 0.6 is 0 Å². The van der Waals surface area contributed by atoms with E-state index in [1.54, 1.807) is 6.07 Å². The summed E-state index contributed by atoms with van der Waals surface area (Å²) in [5, 5.41) is 0. The first-order valence-electron chi connectivity index (χ1n) is 10.6. The Kier molecular flexibility index (Phi) is 6.02. The Morgan fingerprint density at radius 3 is 2.29 bits per heavy atom. The van der Waals surface area contributed by atoms with Gasteiger partial charge in [-0.1, -0.05) is 18.2 Å². The fourth-order valence-electron chi connectivity index (χ4n) is 4.32. The van der Waals surface area contributed by atoms with Crippen molar-refractivity contribution >= 4 is 15.7 Å². The molecule has 0 atom stereocenters. The van der Waals surface area contributed by atoms with Gasteiger partial charge in [-0.05, 0) is 92.3 Å². The van der Waals surface area contributed by atoms with E-state index in [1.165, 1.54) is 42.5 Å². The molecule has 1 heterocycles. The molecule has 0 amide bonds. The van der Waals surface area contributed by atoms with E-state index in [1.807, 2.05) is 12.1 Å². The summed E-state index contributed by atoms with van der Waals surface area (Å²) >= 11 is 0. The second-order valence-electron chi connectivity index (χ2n) is 8.00. The van der Waals surface area contributed by atoms with Gasteiger partial charge in [-0.15, -0.1) is 0 Å². The van der Waals surface area contributed by atoms with Gasteiger partial charge in [-0.3, -0.25) is 0 Å². The number of hydrogen-bond acceptors (Lipinski definition) is 3. The largest absolute Gasteiger partial charge is 0.372 e. The summed E-state index contributed by atoms with van der Waals surface area (Å²) in [5.41, 5.74) is 4.94. The Bertz CT molecular complexity index is 901. The number of benzene rings is 2. The third-order valence-corrected chi connectivity index (χ3v) is 7.45. The second kappa shape index (κ2) is 8.66. The van der Waals surface area contributed by atoms with E-state index in [2.05, 4.69) is 33.9 Å². The first-order chi connectivity index (χ1) is 13.6. The Balaban J connectivity index is 1.34. The first kappa shape index (κ1) is 19.5. The highest BCUT2D eigenvalue weighted by Crippen LogP contribution is 2.24. The molecule has 1 N–H and O–H groups in total. The van der Waals surface area contributed by atoms with Gasteiger partial charge in [0, 0.05) is 25.3 Å². The standard InChI is InChI=1S/C23H30N2O2S/c26-28(27,23-13-10-20-6-2-3-7-21(20)18-23)24-15-14-19-8-11-22(12-9-19)25-16-4-1-5-17-25/h8-13,18,24H,1-7,14-17H2. The Morgan fingerprint density at radius 2 is 1.54 bits per heavy atom. The average molecular weight is 399 g/mol. The molecule has 0 saturated carbocycles. The van der Waals surface area contributed by atoms with Crippen LogP contribution in [0.15, 0.2) is 47.4 Å². The monoisotopic (exact) mass is 398 g/mol. The van der Waals surface area contributed by atoms with Gasteiger partial charge in [0.1, 0.15) is 0 Å². The van der Waals surface area contributed by atoms with E-state index in [0.717, 1.165) is 37.9 Å². The summed E-state index contributed by atoms with van der Waals surface area (Å²) in [7, 11) is -3.45. The minimum Gasteiger partial charge on any atom is -0.372 e. The van der Waals surface area contributed by atoms with E-state index < -0.39 is 10.0 Å². The molecule has 1 saturated heterocycles. The van der Waals surface area contributed by atoms with Gasteiger partial charge in [0.05, 0.1) is 4.90 Å². The van der Waals surface area contributed by atoms with E-state index in [-0.39, 0.29) is 0 Å². The van der Waals surface area contributed by atoms with Crippen molar-refractivity contribution in [3.8, 4) is 0 Å². The lowest BCUT2D eigenvalue weighted by molar-refractivity contribution is 0.577. The van der Waals surface area contributed by atoms with E-state index in [0.29, 0.717) is 17.9 Å². The number of aryl methyl sites for hydroxylation is 2. The minimum atomic E-state index is -3.45. The van der Waals surface area contributed by atoms with Crippen LogP contribution < -0.4 is 9.62 Å². The lowest BCUT2D eigenvalue weighted by Gasteiger charge is -2.28. The third kappa shape index (κ3) is 4.58. The predicted octanol–water partition coefficient (Wildman–Crippen LogP) is 4.08. The minimum absolute atomic E-state index is 0.397. The maximum Gasteiger partial charge on any atom is 0.240 e. The number of anilines is 1. The smallest absolute Gasteiger partial charge is 0.240 e. The number of piperidine rings is 1. The molecule has 0 aromatic heterocycles. The molecule has 0 unspecified atom stereocenters. The molecule has 2 aromatic carbocycles. The SMILES string of the molecule is O=S(=O)(NCCc1ccc(N2CCCCC2)cc1)c1ccc2c(c1)CCCC2. The van der Waals surface area contributed by atoms with E-state index in [9.17, 15) is 8.42 Å². The highest BCUT2D eigenvalue weighted by molar-refractivity contribution is 7.89. The van der Waals surface area contributed by atoms with Crippen molar-refractivity contribution < 1.29 is 8.42 Å². The van der Waals surface area contributed by atoms with Crippen molar-refractivity contribution in [1.82, 2.24) is 4.72 Å². The van der Waals surface area contributed by atoms with Crippen LogP contribution in [0.1, 0.15) is 48.8 Å². The highest BCUT2D eigenvalue weighted by Gasteiger charge is 2.17. The molecule has 28 heavy (non-hydrogen) atoms. The quantitative estimate of drug-likeness (QED) is 0.798. The van der Waals surface area contributed by atoms with Gasteiger partial charge in [0.2, 0.25) is 10.0 Å². The van der Waals surface area contributed by atoms with Crippen molar-refractivity contribution in [3.05, 3.63) is 59.2 Å². The fourth-order valence-corrected chi connectivity index (χ4v) is 5.40. The number of nitrogens with one attached hydrogen (secondary N) is 1. The average Bonchev–Trinajstić information content (AvgIpc) is 2.74. The molecule has 0 spiro atoms. The van der Waals surface area contributed by atoms with Gasteiger partial charge in [0.25, 0.3) is 0 Å². The molecule has 1 aliphatic heterocycles. The zero-order chi connectivity index (χ0) is 19.4. The van der Waals surface area contributed by atoms with Crippen molar-refractivity contribution in [2.75, 3.05) is 24.5 Å². The zero-order valence-electron chi connectivity index (χ0n) is 16.5. The molecule has 1 aliphatic carbocycles. The predicted molar refractivity (Wildman–Crippen MR) is 114 cm³/mol. The van der Waals surface area contributed by atoms with Crippen molar-refractivity contribution in [2.24, 2.45) is 0 Å². The zero-order valence-corrected chi connectivity index (χ0v) is 17.3. The molecule has 0 bridgehead atoms. The summed E-state index contributed by atoms with van der Waals surface area (Å²) in [6.07, 6.45) is 8.98. The van der Waals surface area contributed by atoms with Gasteiger partial charge >= 0.3 is 0 Å². The number of fused-ring (bicyclic) bond motifs is 1. The summed E-state index contributed by atoms with van der Waals surface area (Å²) in [5.74, 6) is 0. The Labute approximate surface area is 169 Å². The van der Waals surface area contributed by atoms with Crippen LogP contribution in [0.3, 0.4) is 0 Å². The number of nitrogens with zero attached hydrogens (tertiary/aromatic N) is 1. The molecule has 150 valence electrons. The molecule has 1 fully saturated rings. The molecular weight excluding hydrogens is 368 g/mol. The normalized spacial score (nSPS) is 17.4. The Morgan fingerprint density at radius 1 is 0.821 bits per heavy atom. The summed E-state index contributed by atoms with van der Waals surface area (Å²) in [4.78, 5) is 2.83. The molecular formula is C23H30N2O2S. The van der Waals surface area contributed by atoms with E-state index in [4.69, 9.17) is 0 Å². The maximum absolute atomic E-state index is 12.7. The number of rotatable bonds is 6. The lowest BCUT2D eigenvalue weighted by Crippen LogP contribution is -2.29. The molecule has 5 heteroatoms. The van der Waals surface area contributed by atoms with E-state index >= 15 is 0 Å². The molecule has 0 radical (unpaired) electrons. The summed E-state index contributed by atoms with van der Waals surface area (Å²) in [6, 6.07) is 14.2. The van der Waals surface area contributed by atoms with Crippen molar-refractivity contribution in [3.63, 3.8) is 0 Å². The van der Waals surface area contributed by atoms with Gasteiger partial charge in [-0.25, -0.2) is 13.1 Å². The van der Waals surface area contributed by atoms with Crippen LogP contribution in [-0.2, 0) is 29.3 Å². The van der Waals surface area contributed by atoms with Gasteiger partial charge in [-0.2, -0.15) is 0 Å². The van der Waals surface area contributed by atoms with Crippen molar-refractivity contribution in [2.45, 2.75) is 56.3 Å². The topological polar surface area (TPSA) is 49.4 Å². The number of sulfonamides is 1. The van der Waals surface area contributed by atoms with Gasteiger partial charge < -0.3 is 4.90 Å². The van der Waals surface area contributed by atoms with Gasteiger partial charge in [0.15, 0.2) is 0 Å². The summed E-state index contributed by atoms with van der Waals surface area (Å²) in [6.45, 7) is 2.70. The van der Waals surface area contributed by atoms with Crippen molar-refractivity contribution in [1.29, 1.82) is 0 Å². The lowest BCUT2D eigenvalue weighted by atomic mass is 9.92. The van der Waals surface area contributed by atoms with Crippen LogP contribution in [0.5, 0.6) is 0 Å². The highest BCUT2D eigenvalue weighted by atomic mass is 32.2. The van der Waals surface area contributed by atoms with Crippen LogP contribution in [0.25, 0.3) is 0 Å². The number of hydrogen-bond donors (Lipinski definition) is 1. The maximum atomic E-state index is 12.7. The van der Waals surface area contributed by atoms with Crippen LogP contribution in [0.4, 0.5) is 5.69 Å². The molecule has 4 rings (SSSR count). The fraction of sp³-hybridized carbons (Fsp3) is 0.478.